The molecule has 3 heteroatoms. The van der Waals surface area contributed by atoms with E-state index in [1.54, 1.807) is 0 Å². The summed E-state index contributed by atoms with van der Waals surface area (Å²) in [5.41, 5.74) is 0. The summed E-state index contributed by atoms with van der Waals surface area (Å²) in [5.74, 6) is 2.57. The summed E-state index contributed by atoms with van der Waals surface area (Å²) in [4.78, 5) is 2.86. The van der Waals surface area contributed by atoms with Crippen LogP contribution in [0.15, 0.2) is 0 Å². The normalized spacial score (nSPS) is 35.8. The van der Waals surface area contributed by atoms with E-state index in [-0.39, 0.29) is 0 Å². The van der Waals surface area contributed by atoms with E-state index in [2.05, 4.69) is 42.9 Å². The molecular formula is C14H28N2S. The Kier molecular flexibility index (Phi) is 5.19. The van der Waals surface area contributed by atoms with Crippen molar-refractivity contribution in [3.8, 4) is 0 Å². The Bertz CT molecular complexity index is 220. The van der Waals surface area contributed by atoms with E-state index in [4.69, 9.17) is 0 Å². The first-order valence-electron chi connectivity index (χ1n) is 7.28. The summed E-state index contributed by atoms with van der Waals surface area (Å²) in [5, 5.41) is 3.50. The SMILES string of the molecule is CCSCC(C)N1C2CCCC1CC(NC)C2. The minimum absolute atomic E-state index is 0.771. The molecule has 1 N–H and O–H groups in total. The maximum Gasteiger partial charge on any atom is 0.0163 e. The van der Waals surface area contributed by atoms with Crippen molar-refractivity contribution in [2.45, 2.75) is 70.1 Å². The van der Waals surface area contributed by atoms with Crippen LogP contribution in [0.4, 0.5) is 0 Å². The average Bonchev–Trinajstić information content (AvgIpc) is 2.34. The van der Waals surface area contributed by atoms with Crippen molar-refractivity contribution < 1.29 is 0 Å². The molecule has 0 saturated carbocycles. The fourth-order valence-corrected chi connectivity index (χ4v) is 4.50. The van der Waals surface area contributed by atoms with Gasteiger partial charge in [0, 0.05) is 29.9 Å². The molecule has 2 saturated heterocycles. The van der Waals surface area contributed by atoms with Crippen LogP contribution in [-0.4, -0.2) is 47.6 Å². The first-order valence-corrected chi connectivity index (χ1v) is 8.44. The van der Waals surface area contributed by atoms with Gasteiger partial charge in [-0.15, -0.1) is 0 Å². The average molecular weight is 256 g/mol. The first kappa shape index (κ1) is 13.7. The second-order valence-electron chi connectivity index (χ2n) is 5.65. The van der Waals surface area contributed by atoms with Gasteiger partial charge in [-0.05, 0) is 45.4 Å². The summed E-state index contributed by atoms with van der Waals surface area (Å²) in [6, 6.07) is 3.25. The molecule has 2 heterocycles. The number of nitrogens with zero attached hydrogens (tertiary/aromatic N) is 1. The second-order valence-corrected chi connectivity index (χ2v) is 6.97. The number of fused-ring (bicyclic) bond motifs is 2. The van der Waals surface area contributed by atoms with Crippen LogP contribution < -0.4 is 5.32 Å². The number of hydrogen-bond donors (Lipinski definition) is 1. The lowest BCUT2D eigenvalue weighted by Crippen LogP contribution is -2.59. The van der Waals surface area contributed by atoms with Crippen LogP contribution in [0.25, 0.3) is 0 Å². The fraction of sp³-hybridized carbons (Fsp3) is 1.00. The highest BCUT2D eigenvalue weighted by Gasteiger charge is 2.39. The Balaban J connectivity index is 1.97. The van der Waals surface area contributed by atoms with Gasteiger partial charge in [-0.3, -0.25) is 4.90 Å². The summed E-state index contributed by atoms with van der Waals surface area (Å²) < 4.78 is 0. The predicted molar refractivity (Wildman–Crippen MR) is 77.8 cm³/mol. The number of piperidine rings is 2. The van der Waals surface area contributed by atoms with Gasteiger partial charge in [0.1, 0.15) is 0 Å². The van der Waals surface area contributed by atoms with E-state index in [0.29, 0.717) is 0 Å². The molecule has 3 atom stereocenters. The molecule has 2 aliphatic heterocycles. The lowest BCUT2D eigenvalue weighted by molar-refractivity contribution is 0.00281. The van der Waals surface area contributed by atoms with E-state index in [1.807, 2.05) is 0 Å². The van der Waals surface area contributed by atoms with E-state index in [9.17, 15) is 0 Å². The smallest absolute Gasteiger partial charge is 0.0163 e. The second kappa shape index (κ2) is 6.44. The van der Waals surface area contributed by atoms with E-state index >= 15 is 0 Å². The van der Waals surface area contributed by atoms with Crippen molar-refractivity contribution in [3.05, 3.63) is 0 Å². The topological polar surface area (TPSA) is 15.3 Å². The van der Waals surface area contributed by atoms with Crippen LogP contribution in [0.3, 0.4) is 0 Å². The maximum atomic E-state index is 3.50. The quantitative estimate of drug-likeness (QED) is 0.814. The monoisotopic (exact) mass is 256 g/mol. The minimum Gasteiger partial charge on any atom is -0.317 e. The maximum absolute atomic E-state index is 3.50. The molecule has 0 aliphatic carbocycles. The third-order valence-electron chi connectivity index (χ3n) is 4.51. The Morgan fingerprint density at radius 2 is 1.94 bits per heavy atom. The zero-order chi connectivity index (χ0) is 12.3. The van der Waals surface area contributed by atoms with Gasteiger partial charge in [0.2, 0.25) is 0 Å². The molecular weight excluding hydrogens is 228 g/mol. The van der Waals surface area contributed by atoms with Crippen LogP contribution >= 0.6 is 11.8 Å². The van der Waals surface area contributed by atoms with E-state index < -0.39 is 0 Å². The summed E-state index contributed by atoms with van der Waals surface area (Å²) in [7, 11) is 2.13. The Hall–Kier alpha value is 0.270. The van der Waals surface area contributed by atoms with Crippen LogP contribution in [-0.2, 0) is 0 Å². The van der Waals surface area contributed by atoms with Crippen molar-refractivity contribution in [1.82, 2.24) is 10.2 Å². The summed E-state index contributed by atoms with van der Waals surface area (Å²) >= 11 is 2.10. The van der Waals surface area contributed by atoms with Gasteiger partial charge in [-0.25, -0.2) is 0 Å². The largest absolute Gasteiger partial charge is 0.317 e. The Morgan fingerprint density at radius 3 is 2.47 bits per heavy atom. The molecule has 2 bridgehead atoms. The molecule has 2 rings (SSSR count). The zero-order valence-electron chi connectivity index (χ0n) is 11.6. The van der Waals surface area contributed by atoms with E-state index in [0.717, 1.165) is 24.2 Å². The fourth-order valence-electron chi connectivity index (χ4n) is 3.75. The molecule has 0 radical (unpaired) electrons. The number of rotatable bonds is 5. The molecule has 0 spiro atoms. The number of thioether (sulfide) groups is 1. The molecule has 2 fully saturated rings. The van der Waals surface area contributed by atoms with Gasteiger partial charge in [-0.1, -0.05) is 13.3 Å². The number of hydrogen-bond acceptors (Lipinski definition) is 3. The van der Waals surface area contributed by atoms with Gasteiger partial charge in [0.15, 0.2) is 0 Å². The molecule has 0 amide bonds. The predicted octanol–water partition coefficient (Wildman–Crippen LogP) is 2.73. The van der Waals surface area contributed by atoms with Gasteiger partial charge in [-0.2, -0.15) is 11.8 Å². The van der Waals surface area contributed by atoms with Crippen molar-refractivity contribution in [3.63, 3.8) is 0 Å². The highest BCUT2D eigenvalue weighted by Crippen LogP contribution is 2.36. The minimum atomic E-state index is 0.771. The highest BCUT2D eigenvalue weighted by atomic mass is 32.2. The third-order valence-corrected chi connectivity index (χ3v) is 5.64. The zero-order valence-corrected chi connectivity index (χ0v) is 12.4. The van der Waals surface area contributed by atoms with Gasteiger partial charge >= 0.3 is 0 Å². The molecule has 3 unspecified atom stereocenters. The van der Waals surface area contributed by atoms with Gasteiger partial charge in [0.25, 0.3) is 0 Å². The standard InChI is InChI=1S/C14H28N2S/c1-4-17-10-11(2)16-13-6-5-7-14(16)9-12(8-13)15-3/h11-15H,4-10H2,1-3H3. The van der Waals surface area contributed by atoms with Crippen LogP contribution in [0.2, 0.25) is 0 Å². The van der Waals surface area contributed by atoms with Crippen LogP contribution in [0.5, 0.6) is 0 Å². The van der Waals surface area contributed by atoms with Gasteiger partial charge < -0.3 is 5.32 Å². The van der Waals surface area contributed by atoms with Gasteiger partial charge in [0.05, 0.1) is 0 Å². The molecule has 17 heavy (non-hydrogen) atoms. The summed E-state index contributed by atoms with van der Waals surface area (Å²) in [6.07, 6.45) is 7.05. The molecule has 0 aromatic heterocycles. The van der Waals surface area contributed by atoms with Crippen molar-refractivity contribution in [2.24, 2.45) is 0 Å². The highest BCUT2D eigenvalue weighted by molar-refractivity contribution is 7.99. The lowest BCUT2D eigenvalue weighted by atomic mass is 9.81. The molecule has 100 valence electrons. The first-order chi connectivity index (χ1) is 8.26. The van der Waals surface area contributed by atoms with Crippen LogP contribution in [0, 0.1) is 0 Å². The molecule has 0 aromatic carbocycles. The Morgan fingerprint density at radius 1 is 1.29 bits per heavy atom. The third kappa shape index (κ3) is 3.18. The Labute approximate surface area is 111 Å². The summed E-state index contributed by atoms with van der Waals surface area (Å²) in [6.45, 7) is 4.71. The van der Waals surface area contributed by atoms with Crippen LogP contribution in [0.1, 0.15) is 46.0 Å². The van der Waals surface area contributed by atoms with Crippen molar-refractivity contribution in [2.75, 3.05) is 18.6 Å². The molecule has 2 aliphatic rings. The number of nitrogens with one attached hydrogen (secondary N) is 1. The lowest BCUT2D eigenvalue weighted by Gasteiger charge is -2.51. The molecule has 0 aromatic rings. The van der Waals surface area contributed by atoms with Crippen molar-refractivity contribution >= 4 is 11.8 Å². The molecule has 2 nitrogen and oxygen atoms in total. The van der Waals surface area contributed by atoms with Crippen molar-refractivity contribution in [1.29, 1.82) is 0 Å². The van der Waals surface area contributed by atoms with E-state index in [1.165, 1.54) is 43.6 Å².